The van der Waals surface area contributed by atoms with Crippen molar-refractivity contribution >= 4 is 23.7 Å². The van der Waals surface area contributed by atoms with Crippen molar-refractivity contribution in [1.29, 1.82) is 0 Å². The number of carbonyl (C=O) groups excluding carboxylic acids is 2. The summed E-state index contributed by atoms with van der Waals surface area (Å²) in [6.45, 7) is 0.517. The summed E-state index contributed by atoms with van der Waals surface area (Å²) in [5.74, 6) is 1.20. The van der Waals surface area contributed by atoms with Gasteiger partial charge in [0.2, 0.25) is 18.6 Å². The number of nitrogens with one attached hydrogen (secondary N) is 1. The first-order valence-electron chi connectivity index (χ1n) is 8.81. The number of anilines is 1. The highest BCUT2D eigenvalue weighted by Crippen LogP contribution is 2.32. The van der Waals surface area contributed by atoms with E-state index in [1.165, 1.54) is 6.21 Å². The molecule has 2 heterocycles. The molecule has 144 valence electrons. The molecule has 1 saturated heterocycles. The van der Waals surface area contributed by atoms with Crippen molar-refractivity contribution in [3.05, 3.63) is 48.0 Å². The van der Waals surface area contributed by atoms with Crippen LogP contribution in [-0.2, 0) is 9.59 Å². The number of methoxy groups -OCH3 is 1. The number of benzene rings is 2. The SMILES string of the molecule is COc1ccc(N2C[C@@H](C(=O)N/N=C/c3ccc4c(c3)OCO4)CC2=O)cc1. The van der Waals surface area contributed by atoms with Crippen LogP contribution in [0.25, 0.3) is 0 Å². The van der Waals surface area contributed by atoms with Gasteiger partial charge in [0.15, 0.2) is 11.5 Å². The Balaban J connectivity index is 1.35. The van der Waals surface area contributed by atoms with Gasteiger partial charge in [0, 0.05) is 18.7 Å². The van der Waals surface area contributed by atoms with Gasteiger partial charge in [0.25, 0.3) is 0 Å². The van der Waals surface area contributed by atoms with Crippen molar-refractivity contribution < 1.29 is 23.8 Å². The Morgan fingerprint density at radius 2 is 2.00 bits per heavy atom. The van der Waals surface area contributed by atoms with Gasteiger partial charge in [-0.3, -0.25) is 9.59 Å². The number of rotatable bonds is 5. The lowest BCUT2D eigenvalue weighted by Gasteiger charge is -2.16. The molecule has 2 aromatic rings. The minimum atomic E-state index is -0.455. The highest BCUT2D eigenvalue weighted by molar-refractivity contribution is 6.00. The van der Waals surface area contributed by atoms with Gasteiger partial charge in [-0.25, -0.2) is 5.43 Å². The number of fused-ring (bicyclic) bond motifs is 1. The van der Waals surface area contributed by atoms with Crippen LogP contribution in [0, 0.1) is 5.92 Å². The van der Waals surface area contributed by atoms with Crippen molar-refractivity contribution in [1.82, 2.24) is 5.43 Å². The molecule has 0 radical (unpaired) electrons. The van der Waals surface area contributed by atoms with E-state index in [9.17, 15) is 9.59 Å². The number of amides is 2. The van der Waals surface area contributed by atoms with E-state index in [-0.39, 0.29) is 25.0 Å². The third-order valence-corrected chi connectivity index (χ3v) is 4.66. The number of hydrogen-bond acceptors (Lipinski definition) is 6. The topological polar surface area (TPSA) is 89.5 Å². The quantitative estimate of drug-likeness (QED) is 0.631. The predicted octanol–water partition coefficient (Wildman–Crippen LogP) is 1.93. The van der Waals surface area contributed by atoms with Crippen LogP contribution < -0.4 is 24.5 Å². The van der Waals surface area contributed by atoms with E-state index >= 15 is 0 Å². The molecule has 0 saturated carbocycles. The van der Waals surface area contributed by atoms with Gasteiger partial charge in [-0.1, -0.05) is 0 Å². The summed E-state index contributed by atoms with van der Waals surface area (Å²) in [7, 11) is 1.58. The Hall–Kier alpha value is -3.55. The van der Waals surface area contributed by atoms with E-state index in [1.54, 1.807) is 48.4 Å². The second kappa shape index (κ2) is 7.59. The van der Waals surface area contributed by atoms with Crippen LogP contribution in [0.15, 0.2) is 47.6 Å². The van der Waals surface area contributed by atoms with Crippen LogP contribution in [0.4, 0.5) is 5.69 Å². The molecule has 0 spiro atoms. The smallest absolute Gasteiger partial charge is 0.245 e. The lowest BCUT2D eigenvalue weighted by molar-refractivity contribution is -0.126. The fraction of sp³-hybridized carbons (Fsp3) is 0.250. The molecule has 0 bridgehead atoms. The number of hydrogen-bond donors (Lipinski definition) is 1. The standard InChI is InChI=1S/C20H19N3O5/c1-26-16-5-3-15(4-6-16)23-11-14(9-19(23)24)20(25)22-21-10-13-2-7-17-18(8-13)28-12-27-17/h2-8,10,14H,9,11-12H2,1H3,(H,22,25)/b21-10+/t14-/m0/s1. The first-order valence-corrected chi connectivity index (χ1v) is 8.81. The van der Waals surface area contributed by atoms with Crippen LogP contribution in [0.1, 0.15) is 12.0 Å². The average Bonchev–Trinajstić information content (AvgIpc) is 3.34. The van der Waals surface area contributed by atoms with E-state index in [0.29, 0.717) is 23.8 Å². The van der Waals surface area contributed by atoms with Gasteiger partial charge in [-0.2, -0.15) is 5.10 Å². The minimum Gasteiger partial charge on any atom is -0.497 e. The van der Waals surface area contributed by atoms with Gasteiger partial charge in [-0.15, -0.1) is 0 Å². The van der Waals surface area contributed by atoms with Crippen molar-refractivity contribution in [2.75, 3.05) is 25.3 Å². The largest absolute Gasteiger partial charge is 0.497 e. The number of ether oxygens (including phenoxy) is 3. The third kappa shape index (κ3) is 3.62. The van der Waals surface area contributed by atoms with Crippen LogP contribution in [-0.4, -0.2) is 38.5 Å². The molecule has 0 aromatic heterocycles. The number of carbonyl (C=O) groups is 2. The van der Waals surface area contributed by atoms with E-state index in [4.69, 9.17) is 14.2 Å². The summed E-state index contributed by atoms with van der Waals surface area (Å²) in [4.78, 5) is 26.3. The molecule has 1 fully saturated rings. The van der Waals surface area contributed by atoms with Crippen molar-refractivity contribution in [3.8, 4) is 17.2 Å². The lowest BCUT2D eigenvalue weighted by atomic mass is 10.1. The molecule has 28 heavy (non-hydrogen) atoms. The molecule has 8 nitrogen and oxygen atoms in total. The van der Waals surface area contributed by atoms with E-state index in [1.807, 2.05) is 6.07 Å². The summed E-state index contributed by atoms with van der Waals surface area (Å²) in [5, 5.41) is 3.99. The lowest BCUT2D eigenvalue weighted by Crippen LogP contribution is -2.30. The predicted molar refractivity (Wildman–Crippen MR) is 102 cm³/mol. The van der Waals surface area contributed by atoms with Crippen LogP contribution in [0.2, 0.25) is 0 Å². The van der Waals surface area contributed by atoms with E-state index < -0.39 is 5.92 Å². The fourth-order valence-electron chi connectivity index (χ4n) is 3.15. The van der Waals surface area contributed by atoms with Gasteiger partial charge in [0.1, 0.15) is 5.75 Å². The summed E-state index contributed by atoms with van der Waals surface area (Å²) in [6, 6.07) is 12.5. The van der Waals surface area contributed by atoms with Crippen molar-refractivity contribution in [3.63, 3.8) is 0 Å². The molecule has 2 aliphatic rings. The maximum atomic E-state index is 12.4. The zero-order valence-corrected chi connectivity index (χ0v) is 15.3. The second-order valence-corrected chi connectivity index (χ2v) is 6.45. The highest BCUT2D eigenvalue weighted by Gasteiger charge is 2.35. The molecule has 1 atom stereocenters. The number of nitrogens with zero attached hydrogens (tertiary/aromatic N) is 2. The zero-order valence-electron chi connectivity index (χ0n) is 15.3. The fourth-order valence-corrected chi connectivity index (χ4v) is 3.15. The maximum absolute atomic E-state index is 12.4. The van der Waals surface area contributed by atoms with Gasteiger partial charge >= 0.3 is 0 Å². The second-order valence-electron chi connectivity index (χ2n) is 6.45. The van der Waals surface area contributed by atoms with Gasteiger partial charge < -0.3 is 19.1 Å². The van der Waals surface area contributed by atoms with Gasteiger partial charge in [0.05, 0.1) is 19.2 Å². The maximum Gasteiger partial charge on any atom is 0.245 e. The minimum absolute atomic E-state index is 0.0925. The first-order chi connectivity index (χ1) is 13.6. The molecular weight excluding hydrogens is 362 g/mol. The van der Waals surface area contributed by atoms with Crippen molar-refractivity contribution in [2.24, 2.45) is 11.0 Å². The summed E-state index contributed by atoms with van der Waals surface area (Å²) in [6.07, 6.45) is 1.68. The van der Waals surface area contributed by atoms with E-state index in [0.717, 1.165) is 11.3 Å². The van der Waals surface area contributed by atoms with Crippen molar-refractivity contribution in [2.45, 2.75) is 6.42 Å². The third-order valence-electron chi connectivity index (χ3n) is 4.66. The number of hydrazone groups is 1. The Kier molecular flexibility index (Phi) is 4.84. The highest BCUT2D eigenvalue weighted by atomic mass is 16.7. The van der Waals surface area contributed by atoms with Crippen LogP contribution >= 0.6 is 0 Å². The monoisotopic (exact) mass is 381 g/mol. The Labute approximate surface area is 161 Å². The molecular formula is C20H19N3O5. The zero-order chi connectivity index (χ0) is 19.5. The van der Waals surface area contributed by atoms with E-state index in [2.05, 4.69) is 10.5 Å². The average molecular weight is 381 g/mol. The Morgan fingerprint density at radius 1 is 1.21 bits per heavy atom. The molecule has 8 heteroatoms. The molecule has 2 amide bonds. The Morgan fingerprint density at radius 3 is 2.79 bits per heavy atom. The van der Waals surface area contributed by atoms with Crippen LogP contribution in [0.5, 0.6) is 17.2 Å². The molecule has 2 aliphatic heterocycles. The first kappa shape index (κ1) is 17.8. The normalized spacial score (nSPS) is 18.0. The molecule has 0 unspecified atom stereocenters. The molecule has 0 aliphatic carbocycles. The van der Waals surface area contributed by atoms with Crippen LogP contribution in [0.3, 0.4) is 0 Å². The van der Waals surface area contributed by atoms with Gasteiger partial charge in [-0.05, 0) is 48.0 Å². The molecule has 1 N–H and O–H groups in total. The Bertz CT molecular complexity index is 926. The molecule has 4 rings (SSSR count). The molecule has 2 aromatic carbocycles. The summed E-state index contributed by atoms with van der Waals surface area (Å²) >= 11 is 0. The summed E-state index contributed by atoms with van der Waals surface area (Å²) in [5.41, 5.74) is 4.02. The summed E-state index contributed by atoms with van der Waals surface area (Å²) < 4.78 is 15.7.